The van der Waals surface area contributed by atoms with Crippen molar-refractivity contribution in [3.63, 3.8) is 0 Å². The van der Waals surface area contributed by atoms with Crippen LogP contribution in [0.1, 0.15) is 34.5 Å². The summed E-state index contributed by atoms with van der Waals surface area (Å²) in [6.45, 7) is 5.42. The normalized spacial score (nSPS) is 16.8. The Morgan fingerprint density at radius 3 is 3.00 bits per heavy atom. The lowest BCUT2D eigenvalue weighted by molar-refractivity contribution is 0.102. The summed E-state index contributed by atoms with van der Waals surface area (Å²) in [5, 5.41) is 6.05. The van der Waals surface area contributed by atoms with Crippen LogP contribution in [0.25, 0.3) is 0 Å². The fourth-order valence-electron chi connectivity index (χ4n) is 2.64. The summed E-state index contributed by atoms with van der Waals surface area (Å²) in [7, 11) is 0. The number of rotatable bonds is 5. The second-order valence-corrected chi connectivity index (χ2v) is 6.05. The largest absolute Gasteiger partial charge is 0.376 e. The Morgan fingerprint density at radius 1 is 1.33 bits per heavy atom. The minimum Gasteiger partial charge on any atom is -0.376 e. The van der Waals surface area contributed by atoms with E-state index in [0.29, 0.717) is 18.2 Å². The van der Waals surface area contributed by atoms with E-state index in [-0.39, 0.29) is 12.0 Å². The minimum absolute atomic E-state index is 0.195. The lowest BCUT2D eigenvalue weighted by Crippen LogP contribution is -2.21. The van der Waals surface area contributed by atoms with E-state index in [1.54, 1.807) is 12.3 Å². The predicted molar refractivity (Wildman–Crippen MR) is 93.4 cm³/mol. The summed E-state index contributed by atoms with van der Waals surface area (Å²) in [5.41, 5.74) is 3.24. The van der Waals surface area contributed by atoms with E-state index in [4.69, 9.17) is 4.74 Å². The van der Waals surface area contributed by atoms with Crippen LogP contribution in [-0.4, -0.2) is 35.1 Å². The van der Waals surface area contributed by atoms with Crippen molar-refractivity contribution in [2.24, 2.45) is 0 Å². The SMILES string of the molecule is Cc1ccc(C)c(NC(=O)c2ccnc(NCC3CCCO3)n2)c1. The quantitative estimate of drug-likeness (QED) is 0.883. The van der Waals surface area contributed by atoms with E-state index in [0.717, 1.165) is 36.3 Å². The molecule has 2 aromatic rings. The first-order valence-corrected chi connectivity index (χ1v) is 8.19. The van der Waals surface area contributed by atoms with Gasteiger partial charge in [-0.15, -0.1) is 0 Å². The van der Waals surface area contributed by atoms with Gasteiger partial charge in [0.05, 0.1) is 6.10 Å². The van der Waals surface area contributed by atoms with Crippen LogP contribution in [0.5, 0.6) is 0 Å². The summed E-state index contributed by atoms with van der Waals surface area (Å²) in [4.78, 5) is 20.9. The standard InChI is InChI=1S/C18H22N4O2/c1-12-5-6-13(2)16(10-12)21-17(23)15-7-8-19-18(22-15)20-11-14-4-3-9-24-14/h5-8,10,14H,3-4,9,11H2,1-2H3,(H,21,23)(H,19,20,22). The van der Waals surface area contributed by atoms with Gasteiger partial charge in [-0.25, -0.2) is 9.97 Å². The number of nitrogens with zero attached hydrogens (tertiary/aromatic N) is 2. The number of carbonyl (C=O) groups is 1. The Morgan fingerprint density at radius 2 is 2.21 bits per heavy atom. The van der Waals surface area contributed by atoms with E-state index in [1.165, 1.54) is 0 Å². The maximum atomic E-state index is 12.4. The van der Waals surface area contributed by atoms with Gasteiger partial charge in [0.25, 0.3) is 5.91 Å². The Labute approximate surface area is 141 Å². The zero-order chi connectivity index (χ0) is 16.9. The number of carbonyl (C=O) groups excluding carboxylic acids is 1. The first-order chi connectivity index (χ1) is 11.6. The van der Waals surface area contributed by atoms with E-state index in [2.05, 4.69) is 20.6 Å². The van der Waals surface area contributed by atoms with Crippen molar-refractivity contribution in [3.05, 3.63) is 47.3 Å². The highest BCUT2D eigenvalue weighted by Crippen LogP contribution is 2.17. The molecular formula is C18H22N4O2. The monoisotopic (exact) mass is 326 g/mol. The molecule has 6 heteroatoms. The lowest BCUT2D eigenvalue weighted by atomic mass is 10.1. The maximum Gasteiger partial charge on any atom is 0.274 e. The number of ether oxygens (including phenoxy) is 1. The average Bonchev–Trinajstić information content (AvgIpc) is 3.10. The van der Waals surface area contributed by atoms with Crippen LogP contribution in [0.15, 0.2) is 30.5 Å². The van der Waals surface area contributed by atoms with Crippen LogP contribution in [0.3, 0.4) is 0 Å². The minimum atomic E-state index is -0.244. The van der Waals surface area contributed by atoms with Gasteiger partial charge in [-0.2, -0.15) is 0 Å². The molecule has 0 aliphatic carbocycles. The Balaban J connectivity index is 1.66. The highest BCUT2D eigenvalue weighted by molar-refractivity contribution is 6.03. The van der Waals surface area contributed by atoms with Gasteiger partial charge < -0.3 is 15.4 Å². The van der Waals surface area contributed by atoms with Gasteiger partial charge in [-0.3, -0.25) is 4.79 Å². The van der Waals surface area contributed by atoms with Crippen molar-refractivity contribution in [1.82, 2.24) is 9.97 Å². The second-order valence-electron chi connectivity index (χ2n) is 6.05. The molecule has 1 fully saturated rings. The highest BCUT2D eigenvalue weighted by Gasteiger charge is 2.16. The molecule has 6 nitrogen and oxygen atoms in total. The van der Waals surface area contributed by atoms with Gasteiger partial charge in [0.15, 0.2) is 0 Å². The molecule has 1 aliphatic heterocycles. The molecule has 1 saturated heterocycles. The molecule has 2 N–H and O–H groups in total. The Bertz CT molecular complexity index is 727. The average molecular weight is 326 g/mol. The third-order valence-electron chi connectivity index (χ3n) is 4.04. The van der Waals surface area contributed by atoms with Crippen molar-refractivity contribution < 1.29 is 9.53 Å². The van der Waals surface area contributed by atoms with Crippen LogP contribution in [0.4, 0.5) is 11.6 Å². The number of aryl methyl sites for hydroxylation is 2. The molecule has 1 aromatic heterocycles. The van der Waals surface area contributed by atoms with Gasteiger partial charge in [0.2, 0.25) is 5.95 Å². The van der Waals surface area contributed by atoms with Crippen LogP contribution in [0, 0.1) is 13.8 Å². The summed E-state index contributed by atoms with van der Waals surface area (Å²) in [6, 6.07) is 7.56. The van der Waals surface area contributed by atoms with E-state index < -0.39 is 0 Å². The zero-order valence-corrected chi connectivity index (χ0v) is 14.0. The first-order valence-electron chi connectivity index (χ1n) is 8.19. The van der Waals surface area contributed by atoms with Crippen molar-refractivity contribution in [2.75, 3.05) is 23.8 Å². The number of anilines is 2. The molecule has 0 bridgehead atoms. The fraction of sp³-hybridized carbons (Fsp3) is 0.389. The van der Waals surface area contributed by atoms with Crippen LogP contribution in [-0.2, 0) is 4.74 Å². The molecule has 1 unspecified atom stereocenters. The van der Waals surface area contributed by atoms with E-state index in [1.807, 2.05) is 32.0 Å². The van der Waals surface area contributed by atoms with Gasteiger partial charge in [0, 0.05) is 25.0 Å². The maximum absolute atomic E-state index is 12.4. The molecule has 126 valence electrons. The molecule has 0 radical (unpaired) electrons. The van der Waals surface area contributed by atoms with Gasteiger partial charge >= 0.3 is 0 Å². The molecule has 0 spiro atoms. The number of amides is 1. The fourth-order valence-corrected chi connectivity index (χ4v) is 2.64. The summed E-state index contributed by atoms with van der Waals surface area (Å²) >= 11 is 0. The second kappa shape index (κ2) is 7.40. The van der Waals surface area contributed by atoms with Crippen molar-refractivity contribution in [2.45, 2.75) is 32.8 Å². The predicted octanol–water partition coefficient (Wildman–Crippen LogP) is 2.94. The molecule has 24 heavy (non-hydrogen) atoms. The van der Waals surface area contributed by atoms with E-state index in [9.17, 15) is 4.79 Å². The molecule has 1 amide bonds. The summed E-state index contributed by atoms with van der Waals surface area (Å²) in [6.07, 6.45) is 3.91. The summed E-state index contributed by atoms with van der Waals surface area (Å²) < 4.78 is 5.56. The van der Waals surface area contributed by atoms with Crippen LogP contribution >= 0.6 is 0 Å². The van der Waals surface area contributed by atoms with Crippen LogP contribution in [0.2, 0.25) is 0 Å². The highest BCUT2D eigenvalue weighted by atomic mass is 16.5. The van der Waals surface area contributed by atoms with Gasteiger partial charge in [-0.05, 0) is 49.9 Å². The molecular weight excluding hydrogens is 304 g/mol. The summed E-state index contributed by atoms with van der Waals surface area (Å²) in [5.74, 6) is 0.199. The molecule has 3 rings (SSSR count). The van der Waals surface area contributed by atoms with Crippen LogP contribution < -0.4 is 10.6 Å². The Hall–Kier alpha value is -2.47. The number of nitrogens with one attached hydrogen (secondary N) is 2. The molecule has 1 aromatic carbocycles. The third-order valence-corrected chi connectivity index (χ3v) is 4.04. The number of aromatic nitrogens is 2. The molecule has 1 aliphatic rings. The van der Waals surface area contributed by atoms with Gasteiger partial charge in [-0.1, -0.05) is 12.1 Å². The molecule has 2 heterocycles. The van der Waals surface area contributed by atoms with Crippen molar-refractivity contribution in [1.29, 1.82) is 0 Å². The van der Waals surface area contributed by atoms with Crippen molar-refractivity contribution in [3.8, 4) is 0 Å². The topological polar surface area (TPSA) is 76.1 Å². The smallest absolute Gasteiger partial charge is 0.274 e. The van der Waals surface area contributed by atoms with Gasteiger partial charge in [0.1, 0.15) is 5.69 Å². The number of hydrogen-bond donors (Lipinski definition) is 2. The number of benzene rings is 1. The molecule has 1 atom stereocenters. The van der Waals surface area contributed by atoms with Crippen molar-refractivity contribution >= 4 is 17.5 Å². The number of hydrogen-bond acceptors (Lipinski definition) is 5. The third kappa shape index (κ3) is 4.08. The Kier molecular flexibility index (Phi) is 5.05. The zero-order valence-electron chi connectivity index (χ0n) is 14.0. The first kappa shape index (κ1) is 16.4. The van der Waals surface area contributed by atoms with E-state index >= 15 is 0 Å². The molecule has 0 saturated carbocycles. The lowest BCUT2D eigenvalue weighted by Gasteiger charge is -2.12.